The van der Waals surface area contributed by atoms with Crippen LogP contribution < -0.4 is 4.74 Å². The molecule has 0 atom stereocenters. The predicted molar refractivity (Wildman–Crippen MR) is 93.5 cm³/mol. The highest BCUT2D eigenvalue weighted by Crippen LogP contribution is 2.13. The van der Waals surface area contributed by atoms with Crippen molar-refractivity contribution in [3.8, 4) is 11.8 Å². The molecular weight excluding hydrogens is 300 g/mol. The van der Waals surface area contributed by atoms with Gasteiger partial charge in [-0.3, -0.25) is 4.79 Å². The van der Waals surface area contributed by atoms with E-state index in [1.54, 1.807) is 17.0 Å². The van der Waals surface area contributed by atoms with Crippen molar-refractivity contribution in [3.63, 3.8) is 0 Å². The van der Waals surface area contributed by atoms with Crippen molar-refractivity contribution in [2.75, 3.05) is 13.2 Å². The van der Waals surface area contributed by atoms with Crippen molar-refractivity contribution < 1.29 is 9.53 Å². The summed E-state index contributed by atoms with van der Waals surface area (Å²) in [4.78, 5) is 14.3. The lowest BCUT2D eigenvalue weighted by molar-refractivity contribution is -0.134. The van der Waals surface area contributed by atoms with Gasteiger partial charge in [0.15, 0.2) is 6.61 Å². The van der Waals surface area contributed by atoms with Gasteiger partial charge in [0.05, 0.1) is 11.6 Å². The molecule has 4 nitrogen and oxygen atoms in total. The summed E-state index contributed by atoms with van der Waals surface area (Å²) in [5.41, 5.74) is 2.73. The zero-order chi connectivity index (χ0) is 17.4. The fourth-order valence-corrected chi connectivity index (χ4v) is 2.41. The van der Waals surface area contributed by atoms with Crippen molar-refractivity contribution in [1.29, 1.82) is 5.26 Å². The van der Waals surface area contributed by atoms with Gasteiger partial charge in [0.1, 0.15) is 5.75 Å². The highest BCUT2D eigenvalue weighted by molar-refractivity contribution is 5.77. The van der Waals surface area contributed by atoms with E-state index in [-0.39, 0.29) is 12.5 Å². The fourth-order valence-electron chi connectivity index (χ4n) is 2.41. The van der Waals surface area contributed by atoms with Crippen LogP contribution >= 0.6 is 0 Å². The Morgan fingerprint density at radius 1 is 1.21 bits per heavy atom. The number of carbonyl (C=O) groups is 1. The van der Waals surface area contributed by atoms with Gasteiger partial charge in [0.2, 0.25) is 0 Å². The fraction of sp³-hybridized carbons (Fsp3) is 0.300. The number of amides is 1. The molecule has 4 heteroatoms. The molecule has 0 saturated carbocycles. The number of rotatable bonds is 7. The molecule has 2 aromatic rings. The van der Waals surface area contributed by atoms with Crippen molar-refractivity contribution in [2.24, 2.45) is 0 Å². The summed E-state index contributed by atoms with van der Waals surface area (Å²) in [6.07, 6.45) is 0.881. The molecule has 0 saturated heterocycles. The van der Waals surface area contributed by atoms with Crippen molar-refractivity contribution in [1.82, 2.24) is 4.90 Å². The van der Waals surface area contributed by atoms with Crippen molar-refractivity contribution in [3.05, 3.63) is 65.2 Å². The SMILES string of the molecule is CCCN(Cc1ccc(C#N)cc1)C(=O)COc1cccc(C)c1. The van der Waals surface area contributed by atoms with Crippen LogP contribution in [0.5, 0.6) is 5.75 Å². The summed E-state index contributed by atoms with van der Waals surface area (Å²) in [6.45, 7) is 5.26. The lowest BCUT2D eigenvalue weighted by Gasteiger charge is -2.22. The Morgan fingerprint density at radius 3 is 2.58 bits per heavy atom. The number of benzene rings is 2. The molecule has 1 amide bonds. The van der Waals surface area contributed by atoms with Crippen LogP contribution in [0.1, 0.15) is 30.0 Å². The van der Waals surface area contributed by atoms with E-state index in [1.165, 1.54) is 0 Å². The minimum atomic E-state index is -0.0392. The minimum Gasteiger partial charge on any atom is -0.484 e. The first-order chi connectivity index (χ1) is 11.6. The normalized spacial score (nSPS) is 10.0. The molecule has 0 aromatic heterocycles. The van der Waals surface area contributed by atoms with E-state index < -0.39 is 0 Å². The maximum absolute atomic E-state index is 12.5. The first-order valence-electron chi connectivity index (χ1n) is 8.08. The van der Waals surface area contributed by atoms with Crippen LogP contribution in [-0.2, 0) is 11.3 Å². The van der Waals surface area contributed by atoms with Gasteiger partial charge in [-0.25, -0.2) is 0 Å². The van der Waals surface area contributed by atoms with Gasteiger partial charge in [-0.05, 0) is 48.7 Å². The second kappa shape index (κ2) is 8.73. The Kier molecular flexibility index (Phi) is 6.39. The molecule has 24 heavy (non-hydrogen) atoms. The monoisotopic (exact) mass is 322 g/mol. The first kappa shape index (κ1) is 17.6. The summed E-state index contributed by atoms with van der Waals surface area (Å²) in [5, 5.41) is 8.85. The number of nitriles is 1. The Hall–Kier alpha value is -2.80. The highest BCUT2D eigenvalue weighted by atomic mass is 16.5. The molecule has 2 rings (SSSR count). The standard InChI is InChI=1S/C20H22N2O2/c1-3-11-22(14-18-9-7-17(13-21)8-10-18)20(23)15-24-19-6-4-5-16(2)12-19/h4-10,12H,3,11,14-15H2,1-2H3. The Labute approximate surface area is 143 Å². The number of ether oxygens (including phenoxy) is 1. The quantitative estimate of drug-likeness (QED) is 0.781. The second-order valence-corrected chi connectivity index (χ2v) is 5.73. The maximum Gasteiger partial charge on any atom is 0.260 e. The predicted octanol–water partition coefficient (Wildman–Crippen LogP) is 3.68. The van der Waals surface area contributed by atoms with Crippen molar-refractivity contribution in [2.45, 2.75) is 26.8 Å². The van der Waals surface area contributed by atoms with Gasteiger partial charge >= 0.3 is 0 Å². The Bertz CT molecular complexity index is 717. The molecule has 124 valence electrons. The molecule has 0 bridgehead atoms. The van der Waals surface area contributed by atoms with Crippen LogP contribution in [0.15, 0.2) is 48.5 Å². The lowest BCUT2D eigenvalue weighted by atomic mass is 10.1. The summed E-state index contributed by atoms with van der Waals surface area (Å²) < 4.78 is 5.62. The molecule has 0 spiro atoms. The Morgan fingerprint density at radius 2 is 1.96 bits per heavy atom. The lowest BCUT2D eigenvalue weighted by Crippen LogP contribution is -2.35. The minimum absolute atomic E-state index is 0.0275. The summed E-state index contributed by atoms with van der Waals surface area (Å²) in [6, 6.07) is 17.1. The molecule has 0 fully saturated rings. The molecule has 0 radical (unpaired) electrons. The van der Waals surface area contributed by atoms with E-state index in [1.807, 2.05) is 50.2 Å². The zero-order valence-corrected chi connectivity index (χ0v) is 14.2. The average molecular weight is 322 g/mol. The van der Waals surface area contributed by atoms with Gasteiger partial charge in [-0.1, -0.05) is 31.2 Å². The molecule has 2 aromatic carbocycles. The number of nitrogens with zero attached hydrogens (tertiary/aromatic N) is 2. The molecule has 0 aliphatic rings. The topological polar surface area (TPSA) is 53.3 Å². The molecule has 0 heterocycles. The number of aryl methyl sites for hydroxylation is 1. The van der Waals surface area contributed by atoms with Crippen LogP contribution in [-0.4, -0.2) is 24.0 Å². The third-order valence-corrected chi connectivity index (χ3v) is 3.65. The molecule has 0 aliphatic heterocycles. The van der Waals surface area contributed by atoms with Crippen LogP contribution in [0.4, 0.5) is 0 Å². The summed E-state index contributed by atoms with van der Waals surface area (Å²) in [7, 11) is 0. The van der Waals surface area contributed by atoms with Crippen LogP contribution in [0.25, 0.3) is 0 Å². The highest BCUT2D eigenvalue weighted by Gasteiger charge is 2.14. The number of carbonyl (C=O) groups excluding carboxylic acids is 1. The largest absolute Gasteiger partial charge is 0.484 e. The van der Waals surface area contributed by atoms with Gasteiger partial charge < -0.3 is 9.64 Å². The van der Waals surface area contributed by atoms with E-state index in [9.17, 15) is 4.79 Å². The number of hydrogen-bond donors (Lipinski definition) is 0. The summed E-state index contributed by atoms with van der Waals surface area (Å²) >= 11 is 0. The molecule has 0 unspecified atom stereocenters. The second-order valence-electron chi connectivity index (χ2n) is 5.73. The van der Waals surface area contributed by atoms with E-state index in [4.69, 9.17) is 10.00 Å². The van der Waals surface area contributed by atoms with Crippen LogP contribution in [0, 0.1) is 18.3 Å². The Balaban J connectivity index is 1.97. The van der Waals surface area contributed by atoms with E-state index in [2.05, 4.69) is 6.07 Å². The summed E-state index contributed by atoms with van der Waals surface area (Å²) in [5.74, 6) is 0.667. The molecule has 0 N–H and O–H groups in total. The van der Waals surface area contributed by atoms with Gasteiger partial charge in [-0.2, -0.15) is 5.26 Å². The van der Waals surface area contributed by atoms with Gasteiger partial charge in [0.25, 0.3) is 5.91 Å². The first-order valence-corrected chi connectivity index (χ1v) is 8.08. The van der Waals surface area contributed by atoms with Crippen molar-refractivity contribution >= 4 is 5.91 Å². The average Bonchev–Trinajstić information content (AvgIpc) is 2.60. The third-order valence-electron chi connectivity index (χ3n) is 3.65. The number of hydrogen-bond acceptors (Lipinski definition) is 3. The molecule has 0 aliphatic carbocycles. The smallest absolute Gasteiger partial charge is 0.260 e. The van der Waals surface area contributed by atoms with E-state index in [0.717, 1.165) is 17.5 Å². The van der Waals surface area contributed by atoms with Gasteiger partial charge in [-0.15, -0.1) is 0 Å². The molecular formula is C20H22N2O2. The van der Waals surface area contributed by atoms with E-state index in [0.29, 0.717) is 24.4 Å². The van der Waals surface area contributed by atoms with Crippen LogP contribution in [0.2, 0.25) is 0 Å². The maximum atomic E-state index is 12.5. The third kappa shape index (κ3) is 5.13. The van der Waals surface area contributed by atoms with Crippen LogP contribution in [0.3, 0.4) is 0 Å². The van der Waals surface area contributed by atoms with E-state index >= 15 is 0 Å². The zero-order valence-electron chi connectivity index (χ0n) is 14.2. The van der Waals surface area contributed by atoms with Gasteiger partial charge in [0, 0.05) is 13.1 Å².